The van der Waals surface area contributed by atoms with E-state index in [0.29, 0.717) is 0 Å². The van der Waals surface area contributed by atoms with Gasteiger partial charge < -0.3 is 0 Å². The minimum atomic E-state index is 1.00. The van der Waals surface area contributed by atoms with Crippen molar-refractivity contribution in [3.63, 3.8) is 0 Å². The summed E-state index contributed by atoms with van der Waals surface area (Å²) in [5, 5.41) is 4.01. The van der Waals surface area contributed by atoms with Crippen molar-refractivity contribution in [1.29, 1.82) is 0 Å². The molecule has 0 atom stereocenters. The predicted octanol–water partition coefficient (Wildman–Crippen LogP) is 6.92. The van der Waals surface area contributed by atoms with E-state index >= 15 is 0 Å². The SMILES string of the molecule is CC1CCC(SC2CCC(SC3CCC(C)CC3)CC2)CC1. The minimum absolute atomic E-state index is 1.00. The van der Waals surface area contributed by atoms with E-state index in [0.717, 1.165) is 32.8 Å². The third kappa shape index (κ3) is 5.36. The van der Waals surface area contributed by atoms with Gasteiger partial charge in [0.1, 0.15) is 0 Å². The molecule has 0 aliphatic heterocycles. The molecule has 0 N–H and O–H groups in total. The van der Waals surface area contributed by atoms with Gasteiger partial charge >= 0.3 is 0 Å². The van der Waals surface area contributed by atoms with E-state index in [1.165, 1.54) is 77.0 Å². The number of hydrogen-bond donors (Lipinski definition) is 0. The van der Waals surface area contributed by atoms with Crippen molar-refractivity contribution in [3.8, 4) is 0 Å². The van der Waals surface area contributed by atoms with Crippen LogP contribution >= 0.6 is 23.5 Å². The Morgan fingerprint density at radius 3 is 0.909 bits per heavy atom. The summed E-state index contributed by atoms with van der Waals surface area (Å²) in [6, 6.07) is 0. The first kappa shape index (κ1) is 17.5. The Balaban J connectivity index is 1.32. The van der Waals surface area contributed by atoms with E-state index in [1.807, 2.05) is 0 Å². The lowest BCUT2D eigenvalue weighted by Crippen LogP contribution is -2.25. The van der Waals surface area contributed by atoms with Gasteiger partial charge in [-0.1, -0.05) is 13.8 Å². The van der Waals surface area contributed by atoms with Crippen LogP contribution in [0.3, 0.4) is 0 Å². The third-order valence-corrected chi connectivity index (χ3v) is 9.74. The van der Waals surface area contributed by atoms with E-state index in [9.17, 15) is 0 Å². The highest BCUT2D eigenvalue weighted by atomic mass is 32.2. The van der Waals surface area contributed by atoms with Crippen molar-refractivity contribution in [1.82, 2.24) is 0 Å². The normalized spacial score (nSPS) is 43.9. The maximum absolute atomic E-state index is 2.44. The average Bonchev–Trinajstić information content (AvgIpc) is 2.54. The summed E-state index contributed by atoms with van der Waals surface area (Å²) in [5.74, 6) is 2.00. The second-order valence-corrected chi connectivity index (χ2v) is 11.6. The van der Waals surface area contributed by atoms with E-state index in [-0.39, 0.29) is 0 Å². The molecular formula is C20H36S2. The van der Waals surface area contributed by atoms with Crippen molar-refractivity contribution < 1.29 is 0 Å². The second-order valence-electron chi connectivity index (χ2n) is 8.43. The molecule has 3 fully saturated rings. The first-order valence-electron chi connectivity index (χ1n) is 10.00. The number of rotatable bonds is 4. The maximum atomic E-state index is 2.44. The highest BCUT2D eigenvalue weighted by Crippen LogP contribution is 2.43. The van der Waals surface area contributed by atoms with E-state index < -0.39 is 0 Å². The van der Waals surface area contributed by atoms with Crippen LogP contribution in [-0.4, -0.2) is 21.0 Å². The minimum Gasteiger partial charge on any atom is -0.155 e. The molecule has 0 amide bonds. The van der Waals surface area contributed by atoms with Crippen LogP contribution in [0.5, 0.6) is 0 Å². The van der Waals surface area contributed by atoms with Crippen molar-refractivity contribution in [2.45, 2.75) is 112 Å². The van der Waals surface area contributed by atoms with Crippen molar-refractivity contribution in [3.05, 3.63) is 0 Å². The molecule has 0 spiro atoms. The monoisotopic (exact) mass is 340 g/mol. The lowest BCUT2D eigenvalue weighted by Gasteiger charge is -2.35. The number of hydrogen-bond acceptors (Lipinski definition) is 2. The van der Waals surface area contributed by atoms with Gasteiger partial charge in [0.15, 0.2) is 0 Å². The molecule has 0 aromatic rings. The Morgan fingerprint density at radius 1 is 0.409 bits per heavy atom. The zero-order valence-electron chi connectivity index (χ0n) is 14.8. The molecule has 0 aromatic carbocycles. The van der Waals surface area contributed by atoms with Gasteiger partial charge in [-0.2, -0.15) is 23.5 Å². The summed E-state index contributed by atoms with van der Waals surface area (Å²) in [5.41, 5.74) is 0. The van der Waals surface area contributed by atoms with Gasteiger partial charge in [0.25, 0.3) is 0 Å². The summed E-state index contributed by atoms with van der Waals surface area (Å²) in [4.78, 5) is 0. The standard InChI is InChI=1S/C20H36S2/c1-15-3-7-17(8-4-15)21-19-11-13-20(14-12-19)22-18-9-5-16(2)6-10-18/h15-20H,3-14H2,1-2H3. The fourth-order valence-electron chi connectivity index (χ4n) is 4.58. The fourth-order valence-corrected chi connectivity index (χ4v) is 7.85. The average molecular weight is 341 g/mol. The molecule has 3 saturated carbocycles. The van der Waals surface area contributed by atoms with Crippen LogP contribution in [0.15, 0.2) is 0 Å². The summed E-state index contributed by atoms with van der Waals surface area (Å²) in [7, 11) is 0. The van der Waals surface area contributed by atoms with E-state index in [1.54, 1.807) is 0 Å². The van der Waals surface area contributed by atoms with Crippen LogP contribution in [0.1, 0.15) is 90.9 Å². The first-order valence-corrected chi connectivity index (χ1v) is 11.9. The summed E-state index contributed by atoms with van der Waals surface area (Å²) in [6.07, 6.45) is 18.0. The van der Waals surface area contributed by atoms with Crippen LogP contribution in [0.25, 0.3) is 0 Å². The molecule has 128 valence electrons. The molecule has 0 nitrogen and oxygen atoms in total. The largest absolute Gasteiger partial charge is 0.155 e. The Kier molecular flexibility index (Phi) is 6.93. The second kappa shape index (κ2) is 8.70. The highest BCUT2D eigenvalue weighted by Gasteiger charge is 2.28. The maximum Gasteiger partial charge on any atom is 0.00506 e. The van der Waals surface area contributed by atoms with Crippen LogP contribution in [0, 0.1) is 11.8 Å². The van der Waals surface area contributed by atoms with Crippen molar-refractivity contribution in [2.75, 3.05) is 0 Å². The Labute approximate surface area is 147 Å². The van der Waals surface area contributed by atoms with Gasteiger partial charge in [-0.25, -0.2) is 0 Å². The summed E-state index contributed by atoms with van der Waals surface area (Å²) < 4.78 is 0. The van der Waals surface area contributed by atoms with E-state index in [2.05, 4.69) is 37.4 Å². The fraction of sp³-hybridized carbons (Fsp3) is 1.00. The topological polar surface area (TPSA) is 0 Å². The zero-order chi connectivity index (χ0) is 15.4. The molecule has 0 radical (unpaired) electrons. The van der Waals surface area contributed by atoms with Crippen LogP contribution in [-0.2, 0) is 0 Å². The Bertz CT molecular complexity index is 274. The molecule has 0 unspecified atom stereocenters. The summed E-state index contributed by atoms with van der Waals surface area (Å²) in [6.45, 7) is 4.88. The van der Waals surface area contributed by atoms with Gasteiger partial charge in [0, 0.05) is 21.0 Å². The van der Waals surface area contributed by atoms with Gasteiger partial charge in [-0.05, 0) is 88.9 Å². The predicted molar refractivity (Wildman–Crippen MR) is 104 cm³/mol. The molecule has 3 aliphatic carbocycles. The van der Waals surface area contributed by atoms with Crippen molar-refractivity contribution >= 4 is 23.5 Å². The zero-order valence-corrected chi connectivity index (χ0v) is 16.4. The van der Waals surface area contributed by atoms with Gasteiger partial charge in [0.2, 0.25) is 0 Å². The Morgan fingerprint density at radius 2 is 0.636 bits per heavy atom. The lowest BCUT2D eigenvalue weighted by atomic mass is 9.90. The Hall–Kier alpha value is 0.700. The smallest absolute Gasteiger partial charge is 0.00506 e. The molecule has 0 saturated heterocycles. The molecular weight excluding hydrogens is 304 g/mol. The van der Waals surface area contributed by atoms with Crippen LogP contribution < -0.4 is 0 Å². The van der Waals surface area contributed by atoms with Gasteiger partial charge in [-0.15, -0.1) is 0 Å². The molecule has 0 aromatic heterocycles. The molecule has 0 heterocycles. The van der Waals surface area contributed by atoms with Crippen molar-refractivity contribution in [2.24, 2.45) is 11.8 Å². The van der Waals surface area contributed by atoms with Crippen LogP contribution in [0.2, 0.25) is 0 Å². The lowest BCUT2D eigenvalue weighted by molar-refractivity contribution is 0.389. The third-order valence-electron chi connectivity index (χ3n) is 6.32. The molecule has 3 rings (SSSR count). The molecule has 22 heavy (non-hydrogen) atoms. The van der Waals surface area contributed by atoms with Gasteiger partial charge in [0.05, 0.1) is 0 Å². The first-order chi connectivity index (χ1) is 10.7. The molecule has 2 heteroatoms. The summed E-state index contributed by atoms with van der Waals surface area (Å²) >= 11 is 4.77. The molecule has 3 aliphatic rings. The quantitative estimate of drug-likeness (QED) is 0.544. The van der Waals surface area contributed by atoms with E-state index in [4.69, 9.17) is 0 Å². The molecule has 0 bridgehead atoms. The number of thioether (sulfide) groups is 2. The highest BCUT2D eigenvalue weighted by molar-refractivity contribution is 8.01. The van der Waals surface area contributed by atoms with Crippen LogP contribution in [0.4, 0.5) is 0 Å². The van der Waals surface area contributed by atoms with Gasteiger partial charge in [-0.3, -0.25) is 0 Å².